The number of rotatable bonds is 18. The second-order valence-corrected chi connectivity index (χ2v) is 16.5. The van der Waals surface area contributed by atoms with E-state index in [0.717, 1.165) is 16.9 Å². The van der Waals surface area contributed by atoms with E-state index in [1.165, 1.54) is 7.11 Å². The van der Waals surface area contributed by atoms with Gasteiger partial charge in [-0.25, -0.2) is 9.59 Å². The summed E-state index contributed by atoms with van der Waals surface area (Å²) < 4.78 is 62.2. The summed E-state index contributed by atoms with van der Waals surface area (Å²) in [5, 5.41) is 8.15. The third-order valence-electron chi connectivity index (χ3n) is 12.5. The van der Waals surface area contributed by atoms with Crippen LogP contribution in [0.3, 0.4) is 0 Å². The molecular weight excluding hydrogens is 829 g/mol. The van der Waals surface area contributed by atoms with E-state index in [2.05, 4.69) is 20.1 Å². The van der Waals surface area contributed by atoms with Crippen molar-refractivity contribution < 1.29 is 57.0 Å². The maximum absolute atomic E-state index is 13.8. The van der Waals surface area contributed by atoms with E-state index in [1.54, 1.807) is 37.4 Å². The molecule has 0 N–H and O–H groups in total. The van der Waals surface area contributed by atoms with Gasteiger partial charge in [0.1, 0.15) is 30.7 Å². The van der Waals surface area contributed by atoms with Crippen molar-refractivity contribution >= 4 is 11.9 Å². The highest BCUT2D eigenvalue weighted by atomic mass is 16.7. The fraction of sp³-hybridized carbons (Fsp3) is 0.565. The SMILES string of the molecule is COC(=O)C1O[C@@H](O[C@@H]2C(COCc3ccc(OC)cc3)O[C@@H](C)C(N=[N+]=[N-])[C@H]2C)C(OCc2ccccc2)[C@@H](C)[C@@H]1O[C@@H]1OC(COC(=O)c2ccccc2)[C@@H](C)[C@H](C)C1N=[N+]=[N-]. The quantitative estimate of drug-likeness (QED) is 0.0518. The Hall–Kier alpha value is -5.26. The Balaban J connectivity index is 1.28. The highest BCUT2D eigenvalue weighted by Gasteiger charge is 2.54. The van der Waals surface area contributed by atoms with Crippen LogP contribution in [0.4, 0.5) is 0 Å². The zero-order chi connectivity index (χ0) is 45.8. The van der Waals surface area contributed by atoms with Gasteiger partial charge in [-0.05, 0) is 71.1 Å². The predicted molar refractivity (Wildman–Crippen MR) is 230 cm³/mol. The lowest BCUT2D eigenvalue weighted by atomic mass is 9.82. The zero-order valence-electron chi connectivity index (χ0n) is 37.2. The van der Waals surface area contributed by atoms with Gasteiger partial charge in [0, 0.05) is 15.7 Å². The van der Waals surface area contributed by atoms with Crippen molar-refractivity contribution in [3.63, 3.8) is 0 Å². The third kappa shape index (κ3) is 11.7. The van der Waals surface area contributed by atoms with Crippen molar-refractivity contribution in [1.82, 2.24) is 0 Å². The molecule has 18 nitrogen and oxygen atoms in total. The molecule has 6 rings (SSSR count). The average Bonchev–Trinajstić information content (AvgIpc) is 3.31. The van der Waals surface area contributed by atoms with Crippen LogP contribution in [0.2, 0.25) is 0 Å². The van der Waals surface area contributed by atoms with Crippen LogP contribution in [0.5, 0.6) is 5.75 Å². The second kappa shape index (κ2) is 23.1. The van der Waals surface area contributed by atoms with E-state index in [0.29, 0.717) is 5.56 Å². The van der Waals surface area contributed by atoms with Gasteiger partial charge in [-0.15, -0.1) is 0 Å². The van der Waals surface area contributed by atoms with E-state index in [4.69, 9.17) is 47.4 Å². The Morgan fingerprint density at radius 3 is 1.94 bits per heavy atom. The first-order valence-electron chi connectivity index (χ1n) is 21.5. The van der Waals surface area contributed by atoms with Crippen molar-refractivity contribution in [3.8, 4) is 5.75 Å². The molecule has 64 heavy (non-hydrogen) atoms. The number of esters is 2. The summed E-state index contributed by atoms with van der Waals surface area (Å²) in [6.45, 7) is 9.81. The number of hydrogen-bond acceptors (Lipinski definition) is 14. The van der Waals surface area contributed by atoms with E-state index in [-0.39, 0.29) is 38.3 Å². The van der Waals surface area contributed by atoms with Crippen LogP contribution in [0.1, 0.15) is 56.1 Å². The van der Waals surface area contributed by atoms with Gasteiger partial charge >= 0.3 is 11.9 Å². The molecule has 3 aromatic rings. The normalized spacial score (nSPS) is 32.6. The van der Waals surface area contributed by atoms with Gasteiger partial charge in [-0.2, -0.15) is 0 Å². The van der Waals surface area contributed by atoms with Gasteiger partial charge in [0.05, 0.1) is 70.0 Å². The Morgan fingerprint density at radius 1 is 0.641 bits per heavy atom. The first-order chi connectivity index (χ1) is 31.0. The van der Waals surface area contributed by atoms with Gasteiger partial charge in [-0.3, -0.25) is 0 Å². The summed E-state index contributed by atoms with van der Waals surface area (Å²) in [5.74, 6) is -2.18. The Kier molecular flexibility index (Phi) is 17.4. The molecule has 3 aliphatic heterocycles. The van der Waals surface area contributed by atoms with Gasteiger partial charge < -0.3 is 47.4 Å². The number of nitrogens with zero attached hydrogens (tertiary/aromatic N) is 6. The first kappa shape index (κ1) is 48.2. The molecule has 0 saturated carbocycles. The third-order valence-corrected chi connectivity index (χ3v) is 12.5. The van der Waals surface area contributed by atoms with E-state index in [1.807, 2.05) is 89.2 Å². The maximum Gasteiger partial charge on any atom is 0.338 e. The number of ether oxygens (including phenoxy) is 10. The van der Waals surface area contributed by atoms with Crippen LogP contribution in [0.25, 0.3) is 20.9 Å². The molecule has 18 heteroatoms. The van der Waals surface area contributed by atoms with Crippen LogP contribution in [-0.4, -0.2) is 107 Å². The molecule has 6 unspecified atom stereocenters. The van der Waals surface area contributed by atoms with Crippen molar-refractivity contribution in [2.24, 2.45) is 33.9 Å². The van der Waals surface area contributed by atoms with Crippen LogP contribution < -0.4 is 4.74 Å². The van der Waals surface area contributed by atoms with Crippen molar-refractivity contribution in [3.05, 3.63) is 123 Å². The zero-order valence-corrected chi connectivity index (χ0v) is 37.2. The molecule has 0 spiro atoms. The van der Waals surface area contributed by atoms with Gasteiger partial charge in [0.2, 0.25) is 0 Å². The molecule has 15 atom stereocenters. The molecule has 0 bridgehead atoms. The fourth-order valence-electron chi connectivity index (χ4n) is 8.55. The summed E-state index contributed by atoms with van der Waals surface area (Å²) in [4.78, 5) is 32.9. The number of methoxy groups -OCH3 is 2. The Bertz CT molecular complexity index is 2060. The van der Waals surface area contributed by atoms with Crippen molar-refractivity contribution in [2.45, 2.75) is 115 Å². The summed E-state index contributed by atoms with van der Waals surface area (Å²) >= 11 is 0. The standard InChI is InChI=1S/C46H58N6O12/c1-26-27(2)38(50-52-48)45(61-35(26)25-59-43(53)33-16-12-9-13-17-33)63-40-29(4)41(58-23-31-14-10-8-11-15-31)46(64-42(40)44(54)56-7)62-39-28(3)37(49-51-47)30(5)60-36(39)24-57-22-32-18-20-34(55-6)21-19-32/h8-21,26-30,35-42,45-46H,22-25H2,1-7H3/t26-,27-,28+,29-,30-,35?,36?,37?,38?,39-,40-,41?,42?,45-,46+/m0/s1. The lowest BCUT2D eigenvalue weighted by Gasteiger charge is -2.50. The van der Waals surface area contributed by atoms with Crippen LogP contribution in [0, 0.1) is 23.7 Å². The van der Waals surface area contributed by atoms with Gasteiger partial charge in [0.25, 0.3) is 0 Å². The molecule has 0 amide bonds. The predicted octanol–water partition coefficient (Wildman–Crippen LogP) is 7.74. The van der Waals surface area contributed by atoms with E-state index >= 15 is 0 Å². The highest BCUT2D eigenvalue weighted by Crippen LogP contribution is 2.40. The number of azide groups is 2. The van der Waals surface area contributed by atoms with E-state index < -0.39 is 91.2 Å². The van der Waals surface area contributed by atoms with E-state index in [9.17, 15) is 20.7 Å². The number of hydrogen-bond donors (Lipinski definition) is 0. The number of benzene rings is 3. The minimum Gasteiger partial charge on any atom is -0.497 e. The average molecular weight is 887 g/mol. The van der Waals surface area contributed by atoms with Gasteiger partial charge in [0.15, 0.2) is 18.7 Å². The van der Waals surface area contributed by atoms with Crippen LogP contribution in [-0.2, 0) is 60.6 Å². The number of carbonyl (C=O) groups is 2. The molecule has 3 aliphatic rings. The maximum atomic E-state index is 13.8. The lowest BCUT2D eigenvalue weighted by molar-refractivity contribution is -0.347. The minimum absolute atomic E-state index is 0.108. The molecule has 3 saturated heterocycles. The minimum atomic E-state index is -1.39. The number of carbonyl (C=O) groups excluding carboxylic acids is 2. The Morgan fingerprint density at radius 2 is 1.28 bits per heavy atom. The monoisotopic (exact) mass is 886 g/mol. The smallest absolute Gasteiger partial charge is 0.338 e. The molecule has 3 heterocycles. The molecular formula is C46H58N6O12. The lowest BCUT2D eigenvalue weighted by Crippen LogP contribution is -2.63. The molecule has 3 aromatic carbocycles. The molecule has 3 fully saturated rings. The van der Waals surface area contributed by atoms with Crippen LogP contribution >= 0.6 is 0 Å². The highest BCUT2D eigenvalue weighted by molar-refractivity contribution is 5.89. The summed E-state index contributed by atoms with van der Waals surface area (Å²) in [6, 6.07) is 24.2. The molecule has 0 aromatic heterocycles. The first-order valence-corrected chi connectivity index (χ1v) is 21.5. The Labute approximate surface area is 372 Å². The fourth-order valence-corrected chi connectivity index (χ4v) is 8.55. The molecule has 0 aliphatic carbocycles. The summed E-state index contributed by atoms with van der Waals surface area (Å²) in [6.07, 6.45) is -8.39. The van der Waals surface area contributed by atoms with Gasteiger partial charge in [-0.1, -0.05) is 98.6 Å². The molecule has 344 valence electrons. The second-order valence-electron chi connectivity index (χ2n) is 16.5. The van der Waals surface area contributed by atoms with Crippen molar-refractivity contribution in [2.75, 3.05) is 27.4 Å². The van der Waals surface area contributed by atoms with Crippen LogP contribution in [0.15, 0.2) is 95.2 Å². The summed E-state index contributed by atoms with van der Waals surface area (Å²) in [5.41, 5.74) is 21.4. The molecule has 0 radical (unpaired) electrons. The largest absolute Gasteiger partial charge is 0.497 e. The summed E-state index contributed by atoms with van der Waals surface area (Å²) in [7, 11) is 2.84. The topological polar surface area (TPSA) is 224 Å². The van der Waals surface area contributed by atoms with Crippen molar-refractivity contribution in [1.29, 1.82) is 0 Å².